The first-order valence-corrected chi connectivity index (χ1v) is 7.41. The van der Waals surface area contributed by atoms with Gasteiger partial charge in [-0.25, -0.2) is 0 Å². The second kappa shape index (κ2) is 6.79. The summed E-state index contributed by atoms with van der Waals surface area (Å²) < 4.78 is 12.0. The average molecular weight is 288 g/mol. The van der Waals surface area contributed by atoms with Gasteiger partial charge in [0.1, 0.15) is 0 Å². The summed E-state index contributed by atoms with van der Waals surface area (Å²) >= 11 is 0.444. The van der Waals surface area contributed by atoms with E-state index >= 15 is 0 Å². The number of hydrogen-bond donors (Lipinski definition) is 1. The second-order valence-electron chi connectivity index (χ2n) is 3.29. The van der Waals surface area contributed by atoms with Gasteiger partial charge >= 0.3 is 103 Å². The molecule has 0 bridgehead atoms. The van der Waals surface area contributed by atoms with Crippen LogP contribution in [-0.2, 0) is 6.42 Å². The molecule has 0 aliphatic heterocycles. The Morgan fingerprint density at radius 2 is 1.88 bits per heavy atom. The van der Waals surface area contributed by atoms with Gasteiger partial charge in [-0.3, -0.25) is 0 Å². The number of benzene rings is 1. The van der Waals surface area contributed by atoms with Crippen molar-refractivity contribution in [3.63, 3.8) is 0 Å². The minimum absolute atomic E-state index is 0.444. The van der Waals surface area contributed by atoms with E-state index in [0.717, 1.165) is 28.8 Å². The summed E-state index contributed by atoms with van der Waals surface area (Å²) in [6, 6.07) is 4.14. The third kappa shape index (κ3) is 3.14. The van der Waals surface area contributed by atoms with E-state index < -0.39 is 0 Å². The van der Waals surface area contributed by atoms with Crippen molar-refractivity contribution in [2.45, 2.75) is 18.7 Å². The normalized spacial score (nSPS) is 10.2. The van der Waals surface area contributed by atoms with Crippen LogP contribution in [0.15, 0.2) is 12.1 Å². The third-order valence-corrected chi connectivity index (χ3v) is 4.21. The van der Waals surface area contributed by atoms with Gasteiger partial charge in [-0.1, -0.05) is 0 Å². The van der Waals surface area contributed by atoms with Crippen LogP contribution >= 0.6 is 0 Å². The zero-order chi connectivity index (χ0) is 12.0. The first-order chi connectivity index (χ1) is 7.76. The van der Waals surface area contributed by atoms with Crippen LogP contribution in [0.3, 0.4) is 0 Å². The van der Waals surface area contributed by atoms with Crippen LogP contribution in [0.5, 0.6) is 11.5 Å². The molecule has 3 nitrogen and oxygen atoms in total. The van der Waals surface area contributed by atoms with Crippen molar-refractivity contribution in [1.82, 2.24) is 0 Å². The molecule has 0 saturated carbocycles. The number of hydrogen-bond acceptors (Lipinski definition) is 3. The van der Waals surface area contributed by atoms with Gasteiger partial charge in [0.05, 0.1) is 0 Å². The fourth-order valence-corrected chi connectivity index (χ4v) is 3.20. The van der Waals surface area contributed by atoms with E-state index in [-0.39, 0.29) is 0 Å². The molecule has 1 aromatic carbocycles. The first-order valence-electron chi connectivity index (χ1n) is 5.34. The number of rotatable bonds is 6. The number of nitrogens with two attached hydrogens (primary N) is 1. The van der Waals surface area contributed by atoms with E-state index in [1.807, 2.05) is 0 Å². The molecular weight excluding hydrogens is 269 g/mol. The van der Waals surface area contributed by atoms with Crippen molar-refractivity contribution < 1.29 is 9.47 Å². The Kier molecular flexibility index (Phi) is 5.67. The minimum atomic E-state index is 0.444. The molecule has 0 atom stereocenters. The molecule has 0 radical (unpaired) electrons. The number of methoxy groups -OCH3 is 2. The SMILES string of the molecule is CC[Se]c1cc(OC)c(CCN)cc1OC. The summed E-state index contributed by atoms with van der Waals surface area (Å²) in [7, 11) is 3.41. The summed E-state index contributed by atoms with van der Waals surface area (Å²) in [6.45, 7) is 2.80. The zero-order valence-electron chi connectivity index (χ0n) is 10.1. The quantitative estimate of drug-likeness (QED) is 0.793. The van der Waals surface area contributed by atoms with Gasteiger partial charge in [0, 0.05) is 0 Å². The topological polar surface area (TPSA) is 44.5 Å². The molecule has 0 aliphatic carbocycles. The molecule has 0 fully saturated rings. The summed E-state index contributed by atoms with van der Waals surface area (Å²) in [6.07, 6.45) is 0.818. The first kappa shape index (κ1) is 13.4. The van der Waals surface area contributed by atoms with Crippen molar-refractivity contribution >= 4 is 19.4 Å². The van der Waals surface area contributed by atoms with Gasteiger partial charge in [0.2, 0.25) is 0 Å². The van der Waals surface area contributed by atoms with E-state index in [9.17, 15) is 0 Å². The van der Waals surface area contributed by atoms with Crippen LogP contribution in [0.4, 0.5) is 0 Å². The van der Waals surface area contributed by atoms with Crippen LogP contribution < -0.4 is 19.7 Å². The Morgan fingerprint density at radius 1 is 1.19 bits per heavy atom. The van der Waals surface area contributed by atoms with Gasteiger partial charge in [0.15, 0.2) is 0 Å². The molecule has 0 spiro atoms. The summed E-state index contributed by atoms with van der Waals surface area (Å²) in [4.78, 5) is 0. The van der Waals surface area contributed by atoms with E-state index in [0.29, 0.717) is 21.5 Å². The van der Waals surface area contributed by atoms with Gasteiger partial charge < -0.3 is 0 Å². The molecule has 90 valence electrons. The Morgan fingerprint density at radius 3 is 2.38 bits per heavy atom. The molecule has 1 aromatic rings. The molecule has 16 heavy (non-hydrogen) atoms. The van der Waals surface area contributed by atoms with Crippen molar-refractivity contribution in [3.8, 4) is 11.5 Å². The fraction of sp³-hybridized carbons (Fsp3) is 0.500. The van der Waals surface area contributed by atoms with Crippen LogP contribution in [0, 0.1) is 0 Å². The Hall–Kier alpha value is -0.701. The Bertz CT molecular complexity index is 308. The molecule has 0 saturated heterocycles. The summed E-state index contributed by atoms with van der Waals surface area (Å²) in [5.41, 5.74) is 6.70. The summed E-state index contributed by atoms with van der Waals surface area (Å²) in [5.74, 6) is 1.89. The molecular formula is C12H19NO2Se. The molecule has 0 amide bonds. The second-order valence-corrected chi connectivity index (χ2v) is 6.03. The monoisotopic (exact) mass is 289 g/mol. The molecule has 0 heterocycles. The maximum atomic E-state index is 5.58. The molecule has 0 unspecified atom stereocenters. The molecule has 2 N–H and O–H groups in total. The van der Waals surface area contributed by atoms with Crippen LogP contribution in [0.1, 0.15) is 12.5 Å². The predicted molar refractivity (Wildman–Crippen MR) is 68.2 cm³/mol. The van der Waals surface area contributed by atoms with Crippen LogP contribution in [0.2, 0.25) is 5.32 Å². The molecule has 0 aliphatic rings. The average Bonchev–Trinajstić information content (AvgIpc) is 2.31. The van der Waals surface area contributed by atoms with E-state index in [1.165, 1.54) is 4.46 Å². The van der Waals surface area contributed by atoms with Crippen molar-refractivity contribution in [2.75, 3.05) is 20.8 Å². The standard InChI is InChI=1S/C12H19NO2Se/c1-4-16-12-8-10(14-2)9(5-6-13)7-11(12)15-3/h7-8H,4-6,13H2,1-3H3. The maximum absolute atomic E-state index is 5.58. The Balaban J connectivity index is 3.11. The van der Waals surface area contributed by atoms with Crippen LogP contribution in [0.25, 0.3) is 0 Å². The van der Waals surface area contributed by atoms with Gasteiger partial charge in [-0.2, -0.15) is 0 Å². The fourth-order valence-electron chi connectivity index (χ4n) is 1.55. The van der Waals surface area contributed by atoms with Crippen LogP contribution in [-0.4, -0.2) is 35.7 Å². The number of ether oxygens (including phenoxy) is 2. The molecule has 4 heteroatoms. The van der Waals surface area contributed by atoms with Gasteiger partial charge in [0.25, 0.3) is 0 Å². The molecule has 1 rings (SSSR count). The summed E-state index contributed by atoms with van der Waals surface area (Å²) in [5, 5.41) is 1.16. The van der Waals surface area contributed by atoms with E-state index in [1.54, 1.807) is 14.2 Å². The third-order valence-electron chi connectivity index (χ3n) is 2.28. The van der Waals surface area contributed by atoms with E-state index in [4.69, 9.17) is 15.2 Å². The Labute approximate surface area is 103 Å². The predicted octanol–water partition coefficient (Wildman–Crippen LogP) is 0.973. The van der Waals surface area contributed by atoms with Gasteiger partial charge in [-0.15, -0.1) is 0 Å². The van der Waals surface area contributed by atoms with Gasteiger partial charge in [-0.05, 0) is 0 Å². The van der Waals surface area contributed by atoms with E-state index in [2.05, 4.69) is 19.1 Å². The zero-order valence-corrected chi connectivity index (χ0v) is 11.8. The molecule has 0 aromatic heterocycles. The van der Waals surface area contributed by atoms with Crippen molar-refractivity contribution in [1.29, 1.82) is 0 Å². The van der Waals surface area contributed by atoms with Crippen molar-refractivity contribution in [2.24, 2.45) is 5.73 Å². The van der Waals surface area contributed by atoms with Crippen molar-refractivity contribution in [3.05, 3.63) is 17.7 Å².